The predicted molar refractivity (Wildman–Crippen MR) is 76.8 cm³/mol. The van der Waals surface area contributed by atoms with Crippen molar-refractivity contribution < 1.29 is 4.74 Å². The maximum absolute atomic E-state index is 6.48. The van der Waals surface area contributed by atoms with Crippen molar-refractivity contribution >= 4 is 0 Å². The van der Waals surface area contributed by atoms with Gasteiger partial charge in [0.15, 0.2) is 0 Å². The fraction of sp³-hybridized carbons (Fsp3) is 1.00. The molecule has 4 unspecified atom stereocenters. The summed E-state index contributed by atoms with van der Waals surface area (Å²) in [6.45, 7) is 7.14. The van der Waals surface area contributed by atoms with Gasteiger partial charge in [-0.3, -0.25) is 0 Å². The predicted octanol–water partition coefficient (Wildman–Crippen LogP) is 3.75. The molecule has 2 saturated carbocycles. The Labute approximate surface area is 113 Å². The van der Waals surface area contributed by atoms with E-state index in [0.717, 1.165) is 5.92 Å². The molecule has 106 valence electrons. The molecule has 0 amide bonds. The van der Waals surface area contributed by atoms with Gasteiger partial charge in [-0.15, -0.1) is 0 Å². The molecule has 4 atom stereocenters. The summed E-state index contributed by atoms with van der Waals surface area (Å²) in [5, 5.41) is 3.52. The van der Waals surface area contributed by atoms with Crippen LogP contribution in [0.25, 0.3) is 0 Å². The summed E-state index contributed by atoms with van der Waals surface area (Å²) >= 11 is 0. The second-order valence-corrected chi connectivity index (χ2v) is 7.22. The van der Waals surface area contributed by atoms with Crippen LogP contribution in [0.4, 0.5) is 0 Å². The van der Waals surface area contributed by atoms with Crippen molar-refractivity contribution in [2.45, 2.75) is 84.0 Å². The standard InChI is InChI=1S/C16H31NO/c1-12-7-5-8-13(11-12)18-14-9-6-10-16(2,3)15(14)17-4/h12-15,17H,5-11H2,1-4H3. The number of rotatable bonds is 3. The molecule has 0 heterocycles. The van der Waals surface area contributed by atoms with Crippen molar-refractivity contribution in [2.75, 3.05) is 7.05 Å². The Morgan fingerprint density at radius 1 is 1.11 bits per heavy atom. The van der Waals surface area contributed by atoms with Crippen LogP contribution in [0.5, 0.6) is 0 Å². The van der Waals surface area contributed by atoms with Crippen LogP contribution in [0.15, 0.2) is 0 Å². The molecular weight excluding hydrogens is 222 g/mol. The van der Waals surface area contributed by atoms with Gasteiger partial charge in [-0.2, -0.15) is 0 Å². The van der Waals surface area contributed by atoms with Crippen LogP contribution in [-0.2, 0) is 4.74 Å². The van der Waals surface area contributed by atoms with Crippen molar-refractivity contribution in [3.05, 3.63) is 0 Å². The molecule has 0 bridgehead atoms. The summed E-state index contributed by atoms with van der Waals surface area (Å²) < 4.78 is 6.48. The number of likely N-dealkylation sites (N-methyl/N-ethyl adjacent to an activating group) is 1. The van der Waals surface area contributed by atoms with Crippen LogP contribution in [0.2, 0.25) is 0 Å². The van der Waals surface area contributed by atoms with Gasteiger partial charge in [0.05, 0.1) is 12.2 Å². The third-order valence-corrected chi connectivity index (χ3v) is 5.09. The molecule has 2 aliphatic rings. The van der Waals surface area contributed by atoms with E-state index < -0.39 is 0 Å². The first-order valence-electron chi connectivity index (χ1n) is 7.85. The van der Waals surface area contributed by atoms with E-state index in [9.17, 15) is 0 Å². The first kappa shape index (κ1) is 14.3. The lowest BCUT2D eigenvalue weighted by atomic mass is 9.71. The maximum atomic E-state index is 6.48. The van der Waals surface area contributed by atoms with Gasteiger partial charge < -0.3 is 10.1 Å². The molecule has 0 aliphatic heterocycles. The summed E-state index contributed by atoms with van der Waals surface area (Å²) in [6.07, 6.45) is 10.1. The van der Waals surface area contributed by atoms with Gasteiger partial charge in [0.2, 0.25) is 0 Å². The molecule has 18 heavy (non-hydrogen) atoms. The molecule has 0 aromatic rings. The second kappa shape index (κ2) is 5.92. The van der Waals surface area contributed by atoms with Crippen LogP contribution in [0.3, 0.4) is 0 Å². The van der Waals surface area contributed by atoms with E-state index in [1.54, 1.807) is 0 Å². The maximum Gasteiger partial charge on any atom is 0.0736 e. The van der Waals surface area contributed by atoms with Gasteiger partial charge in [-0.05, 0) is 44.1 Å². The highest BCUT2D eigenvalue weighted by molar-refractivity contribution is 4.94. The molecule has 1 N–H and O–H groups in total. The largest absolute Gasteiger partial charge is 0.373 e. The van der Waals surface area contributed by atoms with Gasteiger partial charge in [0.25, 0.3) is 0 Å². The van der Waals surface area contributed by atoms with Gasteiger partial charge in [0.1, 0.15) is 0 Å². The van der Waals surface area contributed by atoms with Gasteiger partial charge in [-0.25, -0.2) is 0 Å². The minimum atomic E-state index is 0.373. The minimum Gasteiger partial charge on any atom is -0.373 e. The summed E-state index contributed by atoms with van der Waals surface area (Å²) in [5.74, 6) is 0.855. The first-order chi connectivity index (χ1) is 8.53. The minimum absolute atomic E-state index is 0.373. The average Bonchev–Trinajstić information content (AvgIpc) is 2.28. The third-order valence-electron chi connectivity index (χ3n) is 5.09. The van der Waals surface area contributed by atoms with Crippen molar-refractivity contribution in [3.8, 4) is 0 Å². The zero-order chi connectivity index (χ0) is 13.2. The molecule has 2 fully saturated rings. The fourth-order valence-corrected chi connectivity index (χ4v) is 4.06. The Balaban J connectivity index is 1.94. The molecule has 2 heteroatoms. The Bertz CT molecular complexity index is 264. The molecule has 2 nitrogen and oxygen atoms in total. The van der Waals surface area contributed by atoms with Gasteiger partial charge in [-0.1, -0.05) is 40.0 Å². The Morgan fingerprint density at radius 3 is 2.56 bits per heavy atom. The SMILES string of the molecule is CNC1C(OC2CCCC(C)C2)CCCC1(C)C. The summed E-state index contributed by atoms with van der Waals surface area (Å²) in [5.41, 5.74) is 0.373. The summed E-state index contributed by atoms with van der Waals surface area (Å²) in [6, 6.07) is 0.517. The van der Waals surface area contributed by atoms with Gasteiger partial charge in [0, 0.05) is 6.04 Å². The summed E-state index contributed by atoms with van der Waals surface area (Å²) in [4.78, 5) is 0. The van der Waals surface area contributed by atoms with Gasteiger partial charge >= 0.3 is 0 Å². The molecule has 0 aromatic heterocycles. The highest BCUT2D eigenvalue weighted by atomic mass is 16.5. The van der Waals surface area contributed by atoms with Crippen molar-refractivity contribution in [1.29, 1.82) is 0 Å². The lowest BCUT2D eigenvalue weighted by molar-refractivity contribution is -0.0904. The monoisotopic (exact) mass is 253 g/mol. The lowest BCUT2D eigenvalue weighted by Crippen LogP contribution is -2.53. The lowest BCUT2D eigenvalue weighted by Gasteiger charge is -2.45. The Morgan fingerprint density at radius 2 is 1.89 bits per heavy atom. The van der Waals surface area contributed by atoms with Crippen LogP contribution in [0.1, 0.15) is 65.7 Å². The number of hydrogen-bond donors (Lipinski definition) is 1. The smallest absolute Gasteiger partial charge is 0.0736 e. The second-order valence-electron chi connectivity index (χ2n) is 7.22. The van der Waals surface area contributed by atoms with E-state index in [-0.39, 0.29) is 0 Å². The van der Waals surface area contributed by atoms with E-state index in [1.165, 1.54) is 44.9 Å². The van der Waals surface area contributed by atoms with E-state index in [4.69, 9.17) is 4.74 Å². The molecule has 0 radical (unpaired) electrons. The zero-order valence-electron chi connectivity index (χ0n) is 12.7. The highest BCUT2D eigenvalue weighted by Crippen LogP contribution is 2.38. The number of ether oxygens (including phenoxy) is 1. The normalized spacial score (nSPS) is 40.7. The average molecular weight is 253 g/mol. The summed E-state index contributed by atoms with van der Waals surface area (Å²) in [7, 11) is 2.09. The molecule has 0 aromatic carbocycles. The third kappa shape index (κ3) is 3.27. The quantitative estimate of drug-likeness (QED) is 0.827. The molecule has 2 aliphatic carbocycles. The van der Waals surface area contributed by atoms with Crippen molar-refractivity contribution in [2.24, 2.45) is 11.3 Å². The molecule has 0 spiro atoms. The Kier molecular flexibility index (Phi) is 4.71. The van der Waals surface area contributed by atoms with E-state index >= 15 is 0 Å². The highest BCUT2D eigenvalue weighted by Gasteiger charge is 2.39. The first-order valence-corrected chi connectivity index (χ1v) is 7.85. The Hall–Kier alpha value is -0.0800. The topological polar surface area (TPSA) is 21.3 Å². The number of nitrogens with one attached hydrogen (secondary N) is 1. The van der Waals surface area contributed by atoms with Crippen molar-refractivity contribution in [3.63, 3.8) is 0 Å². The zero-order valence-corrected chi connectivity index (χ0v) is 12.7. The van der Waals surface area contributed by atoms with Crippen LogP contribution < -0.4 is 5.32 Å². The van der Waals surface area contributed by atoms with E-state index in [1.807, 2.05) is 0 Å². The van der Waals surface area contributed by atoms with Crippen LogP contribution >= 0.6 is 0 Å². The van der Waals surface area contributed by atoms with Crippen molar-refractivity contribution in [1.82, 2.24) is 5.32 Å². The molecule has 0 saturated heterocycles. The number of hydrogen-bond acceptors (Lipinski definition) is 2. The van der Waals surface area contributed by atoms with Crippen LogP contribution in [0, 0.1) is 11.3 Å². The van der Waals surface area contributed by atoms with E-state index in [0.29, 0.717) is 23.7 Å². The molecular formula is C16H31NO. The fourth-order valence-electron chi connectivity index (χ4n) is 4.06. The molecule has 2 rings (SSSR count). The van der Waals surface area contributed by atoms with E-state index in [2.05, 4.69) is 33.1 Å². The van der Waals surface area contributed by atoms with Crippen LogP contribution in [-0.4, -0.2) is 25.3 Å².